The van der Waals surface area contributed by atoms with E-state index in [2.05, 4.69) is 50.1 Å². The molecule has 0 aliphatic carbocycles. The first-order chi connectivity index (χ1) is 8.41. The van der Waals surface area contributed by atoms with Gasteiger partial charge >= 0.3 is 0 Å². The third-order valence-electron chi connectivity index (χ3n) is 3.92. The van der Waals surface area contributed by atoms with E-state index in [1.165, 1.54) is 32.2 Å². The van der Waals surface area contributed by atoms with Crippen molar-refractivity contribution in [1.82, 2.24) is 15.1 Å². The van der Waals surface area contributed by atoms with E-state index in [9.17, 15) is 0 Å². The van der Waals surface area contributed by atoms with E-state index in [1.807, 2.05) is 0 Å². The molecular formula is C15H33N3. The van der Waals surface area contributed by atoms with Gasteiger partial charge in [0.05, 0.1) is 0 Å². The molecule has 1 unspecified atom stereocenters. The molecule has 3 heteroatoms. The van der Waals surface area contributed by atoms with Crippen LogP contribution in [0.15, 0.2) is 0 Å². The van der Waals surface area contributed by atoms with Crippen molar-refractivity contribution in [3.05, 3.63) is 0 Å². The highest BCUT2D eigenvalue weighted by molar-refractivity contribution is 4.77. The van der Waals surface area contributed by atoms with Crippen molar-refractivity contribution >= 4 is 0 Å². The summed E-state index contributed by atoms with van der Waals surface area (Å²) in [4.78, 5) is 4.81. The number of nitrogens with one attached hydrogen (secondary N) is 1. The summed E-state index contributed by atoms with van der Waals surface area (Å²) in [7, 11) is 6.58. The van der Waals surface area contributed by atoms with Crippen LogP contribution < -0.4 is 5.32 Å². The largest absolute Gasteiger partial charge is 0.316 e. The van der Waals surface area contributed by atoms with E-state index >= 15 is 0 Å². The fourth-order valence-corrected chi connectivity index (χ4v) is 3.12. The van der Waals surface area contributed by atoms with E-state index in [-0.39, 0.29) is 0 Å². The zero-order valence-electron chi connectivity index (χ0n) is 13.1. The molecule has 1 aliphatic rings. The SMILES string of the molecule is CN(C)CC(C)(C)CNCCC1CCCCN1C. The maximum atomic E-state index is 3.65. The molecule has 0 amide bonds. The molecule has 0 saturated carbocycles. The summed E-state index contributed by atoms with van der Waals surface area (Å²) in [6.07, 6.45) is 5.49. The predicted octanol–water partition coefficient (Wildman–Crippen LogP) is 2.04. The number of hydrogen-bond donors (Lipinski definition) is 1. The molecule has 0 bridgehead atoms. The fourth-order valence-electron chi connectivity index (χ4n) is 3.12. The molecule has 0 spiro atoms. The van der Waals surface area contributed by atoms with Crippen LogP contribution in [0.2, 0.25) is 0 Å². The molecule has 0 aromatic carbocycles. The molecule has 1 fully saturated rings. The molecule has 1 atom stereocenters. The van der Waals surface area contributed by atoms with Gasteiger partial charge in [0.25, 0.3) is 0 Å². The van der Waals surface area contributed by atoms with Gasteiger partial charge in [-0.25, -0.2) is 0 Å². The van der Waals surface area contributed by atoms with Crippen molar-refractivity contribution in [1.29, 1.82) is 0 Å². The zero-order chi connectivity index (χ0) is 13.6. The summed E-state index contributed by atoms with van der Waals surface area (Å²) in [6, 6.07) is 0.809. The summed E-state index contributed by atoms with van der Waals surface area (Å²) >= 11 is 0. The van der Waals surface area contributed by atoms with E-state index < -0.39 is 0 Å². The Hall–Kier alpha value is -0.120. The van der Waals surface area contributed by atoms with Crippen molar-refractivity contribution in [2.24, 2.45) is 5.41 Å². The van der Waals surface area contributed by atoms with Crippen LogP contribution in [0.4, 0.5) is 0 Å². The van der Waals surface area contributed by atoms with Gasteiger partial charge < -0.3 is 15.1 Å². The number of nitrogens with zero attached hydrogens (tertiary/aromatic N) is 2. The molecule has 18 heavy (non-hydrogen) atoms. The Balaban J connectivity index is 2.14. The first-order valence-electron chi connectivity index (χ1n) is 7.46. The predicted molar refractivity (Wildman–Crippen MR) is 80.1 cm³/mol. The lowest BCUT2D eigenvalue weighted by molar-refractivity contribution is 0.172. The normalized spacial score (nSPS) is 22.7. The van der Waals surface area contributed by atoms with Crippen molar-refractivity contribution in [2.75, 3.05) is 47.3 Å². The molecule has 1 saturated heterocycles. The number of likely N-dealkylation sites (tertiary alicyclic amines) is 1. The third kappa shape index (κ3) is 6.17. The number of hydrogen-bond acceptors (Lipinski definition) is 3. The monoisotopic (exact) mass is 255 g/mol. The summed E-state index contributed by atoms with van der Waals surface area (Å²) in [6.45, 7) is 9.38. The van der Waals surface area contributed by atoms with Crippen LogP contribution in [0.25, 0.3) is 0 Å². The van der Waals surface area contributed by atoms with Crippen molar-refractivity contribution in [3.63, 3.8) is 0 Å². The second-order valence-electron chi connectivity index (χ2n) is 7.00. The maximum Gasteiger partial charge on any atom is 0.0104 e. The highest BCUT2D eigenvalue weighted by Gasteiger charge is 2.20. The average Bonchev–Trinajstić information content (AvgIpc) is 2.25. The first-order valence-corrected chi connectivity index (χ1v) is 7.46. The lowest BCUT2D eigenvalue weighted by Crippen LogP contribution is -2.41. The second kappa shape index (κ2) is 7.46. The van der Waals surface area contributed by atoms with Gasteiger partial charge in [-0.1, -0.05) is 20.3 Å². The average molecular weight is 255 g/mol. The molecule has 1 N–H and O–H groups in total. The molecular weight excluding hydrogens is 222 g/mol. The molecule has 0 aromatic heterocycles. The van der Waals surface area contributed by atoms with Crippen LogP contribution >= 0.6 is 0 Å². The topological polar surface area (TPSA) is 18.5 Å². The smallest absolute Gasteiger partial charge is 0.0104 e. The highest BCUT2D eigenvalue weighted by Crippen LogP contribution is 2.18. The molecule has 0 aromatic rings. The molecule has 1 heterocycles. The maximum absolute atomic E-state index is 3.65. The Bertz CT molecular complexity index is 226. The van der Waals surface area contributed by atoms with Gasteiger partial charge in [-0.15, -0.1) is 0 Å². The molecule has 0 radical (unpaired) electrons. The van der Waals surface area contributed by atoms with Gasteiger partial charge in [-0.3, -0.25) is 0 Å². The van der Waals surface area contributed by atoms with Gasteiger partial charge in [0.1, 0.15) is 0 Å². The van der Waals surface area contributed by atoms with Crippen molar-refractivity contribution in [3.8, 4) is 0 Å². The number of rotatable bonds is 7. The van der Waals surface area contributed by atoms with E-state index in [0.717, 1.165) is 25.7 Å². The standard InChI is InChI=1S/C15H33N3/c1-15(2,13-17(3)4)12-16-10-9-14-8-6-7-11-18(14)5/h14,16H,6-13H2,1-5H3. The lowest BCUT2D eigenvalue weighted by atomic mass is 9.92. The number of piperidine rings is 1. The Morgan fingerprint density at radius 3 is 2.61 bits per heavy atom. The van der Waals surface area contributed by atoms with Crippen LogP contribution in [0.1, 0.15) is 39.5 Å². The summed E-state index contributed by atoms with van der Waals surface area (Å²) in [5, 5.41) is 3.65. The van der Waals surface area contributed by atoms with E-state index in [0.29, 0.717) is 5.41 Å². The van der Waals surface area contributed by atoms with Crippen molar-refractivity contribution < 1.29 is 0 Å². The quantitative estimate of drug-likeness (QED) is 0.702. The molecule has 108 valence electrons. The van der Waals surface area contributed by atoms with Gasteiger partial charge in [0.2, 0.25) is 0 Å². The van der Waals surface area contributed by atoms with Gasteiger partial charge in [-0.05, 0) is 58.9 Å². The Morgan fingerprint density at radius 1 is 1.28 bits per heavy atom. The molecule has 1 rings (SSSR count). The van der Waals surface area contributed by atoms with Gasteiger partial charge in [-0.2, -0.15) is 0 Å². The highest BCUT2D eigenvalue weighted by atomic mass is 15.1. The summed E-state index contributed by atoms with van der Waals surface area (Å²) in [5.74, 6) is 0. The molecule has 3 nitrogen and oxygen atoms in total. The molecule has 1 aliphatic heterocycles. The minimum atomic E-state index is 0.363. The van der Waals surface area contributed by atoms with Crippen LogP contribution in [-0.2, 0) is 0 Å². The van der Waals surface area contributed by atoms with E-state index in [1.54, 1.807) is 0 Å². The zero-order valence-corrected chi connectivity index (χ0v) is 13.1. The lowest BCUT2D eigenvalue weighted by Gasteiger charge is -2.33. The fraction of sp³-hybridized carbons (Fsp3) is 1.00. The minimum absolute atomic E-state index is 0.363. The van der Waals surface area contributed by atoms with Crippen LogP contribution in [-0.4, -0.2) is 63.2 Å². The van der Waals surface area contributed by atoms with Crippen LogP contribution in [0.5, 0.6) is 0 Å². The van der Waals surface area contributed by atoms with Crippen molar-refractivity contribution in [2.45, 2.75) is 45.6 Å². The Labute approximate surface area is 114 Å². The second-order valence-corrected chi connectivity index (χ2v) is 7.00. The summed E-state index contributed by atoms with van der Waals surface area (Å²) < 4.78 is 0. The van der Waals surface area contributed by atoms with Crippen LogP contribution in [0.3, 0.4) is 0 Å². The van der Waals surface area contributed by atoms with Crippen LogP contribution in [0, 0.1) is 5.41 Å². The van der Waals surface area contributed by atoms with Gasteiger partial charge in [0, 0.05) is 19.1 Å². The van der Waals surface area contributed by atoms with E-state index in [4.69, 9.17) is 0 Å². The first kappa shape index (κ1) is 15.9. The van der Waals surface area contributed by atoms with Gasteiger partial charge in [0.15, 0.2) is 0 Å². The Morgan fingerprint density at radius 2 is 2.00 bits per heavy atom. The minimum Gasteiger partial charge on any atom is -0.316 e. The third-order valence-corrected chi connectivity index (χ3v) is 3.92. The summed E-state index contributed by atoms with van der Waals surface area (Å²) in [5.41, 5.74) is 0.363. The Kier molecular flexibility index (Phi) is 6.61.